The molecule has 0 unspecified atom stereocenters. The second-order valence-corrected chi connectivity index (χ2v) is 8.89. The first-order valence-electron chi connectivity index (χ1n) is 11.4. The number of fused-ring (bicyclic) bond motifs is 1. The molecule has 0 aromatic heterocycles. The van der Waals surface area contributed by atoms with Crippen LogP contribution in [0.3, 0.4) is 0 Å². The van der Waals surface area contributed by atoms with Crippen molar-refractivity contribution in [1.29, 1.82) is 0 Å². The first-order chi connectivity index (χ1) is 17.0. The second-order valence-electron chi connectivity index (χ2n) is 7.87. The average Bonchev–Trinajstić information content (AvgIpc) is 3.31. The molecule has 178 valence electrons. The van der Waals surface area contributed by atoms with Crippen LogP contribution < -0.4 is 10.2 Å². The first kappa shape index (κ1) is 24.3. The van der Waals surface area contributed by atoms with Gasteiger partial charge in [-0.3, -0.25) is 9.59 Å². The number of anilines is 2. The van der Waals surface area contributed by atoms with Gasteiger partial charge in [0.1, 0.15) is 0 Å². The Morgan fingerprint density at radius 2 is 1.74 bits per heavy atom. The Bertz CT molecular complexity index is 1250. The van der Waals surface area contributed by atoms with Crippen LogP contribution in [0.5, 0.6) is 0 Å². The fraction of sp³-hybridized carbons (Fsp3) is 0.179. The molecule has 1 aliphatic heterocycles. The van der Waals surface area contributed by atoms with Crippen LogP contribution in [0.1, 0.15) is 28.4 Å². The van der Waals surface area contributed by atoms with E-state index in [1.165, 1.54) is 23.4 Å². The van der Waals surface area contributed by atoms with E-state index in [1.807, 2.05) is 35.2 Å². The molecule has 0 saturated heterocycles. The van der Waals surface area contributed by atoms with E-state index < -0.39 is 5.97 Å². The maximum Gasteiger partial charge on any atom is 0.330 e. The number of esters is 1. The van der Waals surface area contributed by atoms with Crippen molar-refractivity contribution in [2.24, 2.45) is 0 Å². The standard InChI is InChI=1S/C28H26N2O4S/c1-2-34-27(32)16-13-20-11-14-22(15-12-20)29-28(33)23-8-4-6-10-25(23)35-19-26(31)30-18-17-21-7-3-5-9-24(21)30/h3-16H,2,17-19H2,1H3,(H,29,33)/b16-13+. The monoisotopic (exact) mass is 486 g/mol. The van der Waals surface area contributed by atoms with Crippen molar-refractivity contribution in [3.05, 3.63) is 95.6 Å². The molecule has 0 atom stereocenters. The molecule has 0 spiro atoms. The number of nitrogens with zero attached hydrogens (tertiary/aromatic N) is 1. The van der Waals surface area contributed by atoms with Gasteiger partial charge in [0.25, 0.3) is 5.91 Å². The van der Waals surface area contributed by atoms with Crippen molar-refractivity contribution in [3.63, 3.8) is 0 Å². The Labute approximate surface area is 209 Å². The molecule has 0 radical (unpaired) electrons. The lowest BCUT2D eigenvalue weighted by Crippen LogP contribution is -2.30. The maximum atomic E-state index is 13.0. The molecule has 4 rings (SSSR count). The normalized spacial score (nSPS) is 12.4. The number of para-hydroxylation sites is 1. The predicted molar refractivity (Wildman–Crippen MR) is 140 cm³/mol. The number of benzene rings is 3. The summed E-state index contributed by atoms with van der Waals surface area (Å²) in [6, 6.07) is 22.4. The van der Waals surface area contributed by atoms with E-state index in [0.29, 0.717) is 24.4 Å². The number of carbonyl (C=O) groups is 3. The number of rotatable bonds is 8. The van der Waals surface area contributed by atoms with Crippen LogP contribution in [0, 0.1) is 0 Å². The molecular formula is C28H26N2O4S. The highest BCUT2D eigenvalue weighted by molar-refractivity contribution is 8.00. The topological polar surface area (TPSA) is 75.7 Å². The number of nitrogens with one attached hydrogen (secondary N) is 1. The third-order valence-electron chi connectivity index (χ3n) is 5.54. The quantitative estimate of drug-likeness (QED) is 0.269. The number of hydrogen-bond acceptors (Lipinski definition) is 5. The van der Waals surface area contributed by atoms with Gasteiger partial charge in [0.05, 0.1) is 17.9 Å². The third kappa shape index (κ3) is 6.19. The van der Waals surface area contributed by atoms with Gasteiger partial charge in [-0.05, 0) is 60.9 Å². The summed E-state index contributed by atoms with van der Waals surface area (Å²) in [5.41, 5.74) is 4.12. The van der Waals surface area contributed by atoms with Gasteiger partial charge in [0.2, 0.25) is 5.91 Å². The summed E-state index contributed by atoms with van der Waals surface area (Å²) >= 11 is 1.37. The molecule has 6 nitrogen and oxygen atoms in total. The van der Waals surface area contributed by atoms with Crippen LogP contribution in [0.4, 0.5) is 11.4 Å². The van der Waals surface area contributed by atoms with Crippen molar-refractivity contribution in [1.82, 2.24) is 0 Å². The summed E-state index contributed by atoms with van der Waals surface area (Å²) < 4.78 is 4.87. The molecule has 0 aliphatic carbocycles. The highest BCUT2D eigenvalue weighted by Gasteiger charge is 2.24. The zero-order valence-corrected chi connectivity index (χ0v) is 20.2. The lowest BCUT2D eigenvalue weighted by atomic mass is 10.1. The summed E-state index contributed by atoms with van der Waals surface area (Å²) in [6.07, 6.45) is 3.89. The fourth-order valence-electron chi connectivity index (χ4n) is 3.83. The van der Waals surface area contributed by atoms with Crippen LogP contribution in [-0.2, 0) is 20.7 Å². The number of amides is 2. The van der Waals surface area contributed by atoms with Crippen LogP contribution in [0.25, 0.3) is 6.08 Å². The zero-order valence-electron chi connectivity index (χ0n) is 19.4. The molecule has 7 heteroatoms. The predicted octanol–water partition coefficient (Wildman–Crippen LogP) is 5.20. The molecule has 1 N–H and O–H groups in total. The van der Waals surface area contributed by atoms with Gasteiger partial charge in [0, 0.05) is 28.9 Å². The number of hydrogen-bond donors (Lipinski definition) is 1. The summed E-state index contributed by atoms with van der Waals surface area (Å²) in [5, 5.41) is 2.90. The van der Waals surface area contributed by atoms with Crippen LogP contribution in [0.2, 0.25) is 0 Å². The largest absolute Gasteiger partial charge is 0.463 e. The summed E-state index contributed by atoms with van der Waals surface area (Å²) in [5.74, 6) is -0.366. The van der Waals surface area contributed by atoms with E-state index in [2.05, 4.69) is 11.4 Å². The Morgan fingerprint density at radius 1 is 1.00 bits per heavy atom. The molecule has 3 aromatic rings. The van der Waals surface area contributed by atoms with E-state index in [1.54, 1.807) is 49.4 Å². The van der Waals surface area contributed by atoms with Gasteiger partial charge in [-0.1, -0.05) is 42.5 Å². The minimum absolute atomic E-state index is 0.0293. The minimum atomic E-state index is -0.397. The SMILES string of the molecule is CCOC(=O)/C=C/c1ccc(NC(=O)c2ccccc2SCC(=O)N2CCc3ccccc32)cc1. The Hall–Kier alpha value is -3.84. The summed E-state index contributed by atoms with van der Waals surface area (Å²) in [4.78, 5) is 39.9. The van der Waals surface area contributed by atoms with Crippen molar-refractivity contribution in [2.45, 2.75) is 18.2 Å². The van der Waals surface area contributed by atoms with E-state index in [-0.39, 0.29) is 17.6 Å². The molecule has 35 heavy (non-hydrogen) atoms. The molecule has 3 aromatic carbocycles. The Kier molecular flexibility index (Phi) is 8.00. The molecule has 1 aliphatic rings. The number of ether oxygens (including phenoxy) is 1. The van der Waals surface area contributed by atoms with E-state index in [9.17, 15) is 14.4 Å². The van der Waals surface area contributed by atoms with E-state index in [0.717, 1.165) is 22.6 Å². The van der Waals surface area contributed by atoms with Crippen LogP contribution >= 0.6 is 11.8 Å². The smallest absolute Gasteiger partial charge is 0.330 e. The van der Waals surface area contributed by atoms with Crippen molar-refractivity contribution in [3.8, 4) is 0 Å². The van der Waals surface area contributed by atoms with Crippen LogP contribution in [0.15, 0.2) is 83.8 Å². The average molecular weight is 487 g/mol. The highest BCUT2D eigenvalue weighted by Crippen LogP contribution is 2.30. The van der Waals surface area contributed by atoms with Gasteiger partial charge < -0.3 is 15.0 Å². The summed E-state index contributed by atoms with van der Waals surface area (Å²) in [7, 11) is 0. The van der Waals surface area contributed by atoms with Gasteiger partial charge in [-0.15, -0.1) is 11.8 Å². The summed E-state index contributed by atoms with van der Waals surface area (Å²) in [6.45, 7) is 2.77. The molecule has 1 heterocycles. The lowest BCUT2D eigenvalue weighted by Gasteiger charge is -2.17. The molecule has 0 bridgehead atoms. The molecule has 2 amide bonds. The van der Waals surface area contributed by atoms with Crippen molar-refractivity contribution >= 4 is 47.0 Å². The van der Waals surface area contributed by atoms with Crippen molar-refractivity contribution < 1.29 is 19.1 Å². The number of thioether (sulfide) groups is 1. The lowest BCUT2D eigenvalue weighted by molar-refractivity contribution is -0.137. The highest BCUT2D eigenvalue weighted by atomic mass is 32.2. The van der Waals surface area contributed by atoms with Gasteiger partial charge >= 0.3 is 5.97 Å². The number of carbonyl (C=O) groups excluding carboxylic acids is 3. The molecule has 0 saturated carbocycles. The minimum Gasteiger partial charge on any atom is -0.463 e. The van der Waals surface area contributed by atoms with Crippen LogP contribution in [-0.4, -0.2) is 36.7 Å². The molecule has 0 fully saturated rings. The fourth-order valence-corrected chi connectivity index (χ4v) is 4.75. The van der Waals surface area contributed by atoms with Gasteiger partial charge in [-0.2, -0.15) is 0 Å². The second kappa shape index (κ2) is 11.5. The maximum absolute atomic E-state index is 13.0. The first-order valence-corrected chi connectivity index (χ1v) is 12.4. The third-order valence-corrected chi connectivity index (χ3v) is 6.60. The Balaban J connectivity index is 1.37. The van der Waals surface area contributed by atoms with E-state index >= 15 is 0 Å². The Morgan fingerprint density at radius 3 is 2.54 bits per heavy atom. The zero-order chi connectivity index (χ0) is 24.6. The van der Waals surface area contributed by atoms with Gasteiger partial charge in [-0.25, -0.2) is 4.79 Å². The van der Waals surface area contributed by atoms with Gasteiger partial charge in [0.15, 0.2) is 0 Å². The molecular weight excluding hydrogens is 460 g/mol. The van der Waals surface area contributed by atoms with E-state index in [4.69, 9.17) is 4.74 Å². The van der Waals surface area contributed by atoms with Crippen molar-refractivity contribution in [2.75, 3.05) is 29.1 Å².